The zero-order valence-electron chi connectivity index (χ0n) is 14.5. The Kier molecular flexibility index (Phi) is 13.5. The van der Waals surface area contributed by atoms with Gasteiger partial charge in [0, 0.05) is 31.8 Å². The van der Waals surface area contributed by atoms with Crippen LogP contribution >= 0.6 is 0 Å². The van der Waals surface area contributed by atoms with Crippen molar-refractivity contribution in [2.45, 2.75) is 58.8 Å². The molecular formula is C17H31NO5. The number of carbonyl (C=O) groups is 3. The number of carbonyl (C=O) groups excluding carboxylic acids is 3. The zero-order chi connectivity index (χ0) is 17.5. The summed E-state index contributed by atoms with van der Waals surface area (Å²) in [5.41, 5.74) is 5.36. The van der Waals surface area contributed by atoms with Crippen molar-refractivity contribution in [2.24, 2.45) is 11.7 Å². The lowest BCUT2D eigenvalue weighted by Gasteiger charge is -2.12. The van der Waals surface area contributed by atoms with Gasteiger partial charge < -0.3 is 15.2 Å². The molecule has 1 amide bonds. The van der Waals surface area contributed by atoms with E-state index in [0.717, 1.165) is 19.3 Å². The van der Waals surface area contributed by atoms with E-state index >= 15 is 0 Å². The number of amides is 1. The minimum atomic E-state index is -0.447. The normalized spacial score (nSPS) is 12.1. The molecule has 6 nitrogen and oxygen atoms in total. The molecule has 0 bridgehead atoms. The van der Waals surface area contributed by atoms with E-state index in [2.05, 4.69) is 0 Å². The first-order valence-electron chi connectivity index (χ1n) is 8.49. The van der Waals surface area contributed by atoms with Crippen LogP contribution in [0.3, 0.4) is 0 Å². The fourth-order valence-corrected chi connectivity index (χ4v) is 2.19. The highest BCUT2D eigenvalue weighted by molar-refractivity contribution is 5.86. The smallest absolute Gasteiger partial charge is 0.220 e. The van der Waals surface area contributed by atoms with Crippen LogP contribution in [0, 0.1) is 5.92 Å². The molecular weight excluding hydrogens is 298 g/mol. The summed E-state index contributed by atoms with van der Waals surface area (Å²) in [7, 11) is 0. The Labute approximate surface area is 139 Å². The van der Waals surface area contributed by atoms with Crippen LogP contribution < -0.4 is 5.73 Å². The highest BCUT2D eigenvalue weighted by Crippen LogP contribution is 2.15. The van der Waals surface area contributed by atoms with E-state index in [4.69, 9.17) is 15.2 Å². The summed E-state index contributed by atoms with van der Waals surface area (Å²) in [6.45, 7) is 5.17. The second-order valence-electron chi connectivity index (χ2n) is 5.58. The summed E-state index contributed by atoms with van der Waals surface area (Å²) in [6.07, 6.45) is 4.36. The van der Waals surface area contributed by atoms with Crippen molar-refractivity contribution in [3.8, 4) is 0 Å². The maximum absolute atomic E-state index is 11.8. The van der Waals surface area contributed by atoms with E-state index in [0.29, 0.717) is 39.1 Å². The highest BCUT2D eigenvalue weighted by atomic mass is 16.5. The topological polar surface area (TPSA) is 95.7 Å². The van der Waals surface area contributed by atoms with Crippen molar-refractivity contribution >= 4 is 17.5 Å². The van der Waals surface area contributed by atoms with Crippen LogP contribution in [-0.2, 0) is 23.9 Å². The minimum Gasteiger partial charge on any atom is -0.379 e. The van der Waals surface area contributed by atoms with Crippen LogP contribution in [0.5, 0.6) is 0 Å². The maximum Gasteiger partial charge on any atom is 0.220 e. The summed E-state index contributed by atoms with van der Waals surface area (Å²) in [5.74, 6) is -0.751. The van der Waals surface area contributed by atoms with Gasteiger partial charge in [-0.25, -0.2) is 0 Å². The van der Waals surface area contributed by atoms with Crippen LogP contribution in [0.25, 0.3) is 0 Å². The van der Waals surface area contributed by atoms with E-state index < -0.39 is 11.8 Å². The van der Waals surface area contributed by atoms with Crippen molar-refractivity contribution in [3.05, 3.63) is 0 Å². The highest BCUT2D eigenvalue weighted by Gasteiger charge is 2.19. The molecule has 0 saturated heterocycles. The quantitative estimate of drug-likeness (QED) is 0.437. The first-order chi connectivity index (χ1) is 11.0. The van der Waals surface area contributed by atoms with E-state index in [1.807, 2.05) is 13.8 Å². The van der Waals surface area contributed by atoms with Gasteiger partial charge >= 0.3 is 0 Å². The van der Waals surface area contributed by atoms with Gasteiger partial charge in [0.1, 0.15) is 12.4 Å². The summed E-state index contributed by atoms with van der Waals surface area (Å²) < 4.78 is 10.3. The molecule has 0 rings (SSSR count). The summed E-state index contributed by atoms with van der Waals surface area (Å²) in [4.78, 5) is 34.4. The molecule has 0 spiro atoms. The largest absolute Gasteiger partial charge is 0.379 e. The third kappa shape index (κ3) is 12.9. The zero-order valence-corrected chi connectivity index (χ0v) is 14.5. The molecule has 0 aromatic rings. The van der Waals surface area contributed by atoms with E-state index in [9.17, 15) is 14.4 Å². The number of hydrogen-bond acceptors (Lipinski definition) is 5. The molecule has 0 aliphatic heterocycles. The molecule has 1 unspecified atom stereocenters. The molecule has 0 aromatic carbocycles. The van der Waals surface area contributed by atoms with E-state index in [-0.39, 0.29) is 24.6 Å². The molecule has 0 aromatic heterocycles. The molecule has 0 saturated carbocycles. The van der Waals surface area contributed by atoms with Crippen molar-refractivity contribution in [3.63, 3.8) is 0 Å². The average Bonchev–Trinajstić information content (AvgIpc) is 2.52. The number of primary amides is 1. The molecule has 23 heavy (non-hydrogen) atoms. The Balaban J connectivity index is 3.86. The molecule has 2 N–H and O–H groups in total. The van der Waals surface area contributed by atoms with Crippen molar-refractivity contribution in [1.29, 1.82) is 0 Å². The van der Waals surface area contributed by atoms with Gasteiger partial charge in [0.05, 0.1) is 13.2 Å². The molecule has 0 radical (unpaired) electrons. The van der Waals surface area contributed by atoms with Crippen molar-refractivity contribution in [2.75, 3.05) is 26.4 Å². The van der Waals surface area contributed by atoms with Gasteiger partial charge in [0.15, 0.2) is 5.78 Å². The predicted octanol–water partition coefficient (Wildman–Crippen LogP) is 2.03. The maximum atomic E-state index is 11.8. The van der Waals surface area contributed by atoms with E-state index in [1.54, 1.807) is 0 Å². The van der Waals surface area contributed by atoms with Gasteiger partial charge in [0.25, 0.3) is 0 Å². The number of hydrogen-bond donors (Lipinski definition) is 1. The molecule has 134 valence electrons. The third-order valence-electron chi connectivity index (χ3n) is 3.62. The second kappa shape index (κ2) is 14.3. The van der Waals surface area contributed by atoms with Crippen molar-refractivity contribution in [1.82, 2.24) is 0 Å². The van der Waals surface area contributed by atoms with Gasteiger partial charge in [-0.1, -0.05) is 19.8 Å². The molecule has 1 atom stereocenters. The Morgan fingerprint density at radius 3 is 2.26 bits per heavy atom. The number of ketones is 2. The number of ether oxygens (including phenoxy) is 2. The first kappa shape index (κ1) is 21.7. The lowest BCUT2D eigenvalue weighted by atomic mass is 9.94. The molecule has 0 aliphatic carbocycles. The van der Waals surface area contributed by atoms with Crippen LogP contribution in [-0.4, -0.2) is 43.9 Å². The van der Waals surface area contributed by atoms with Crippen molar-refractivity contribution < 1.29 is 23.9 Å². The standard InChI is InChI=1S/C17H31NO5/c1-3-15(19)9-7-5-6-8-14(17(18)21)12-16(20)13-23-11-10-22-4-2/h14H,3-13H2,1-2H3,(H2,18,21). The SMILES string of the molecule is CCOCCOCC(=O)CC(CCCCCC(=O)CC)C(N)=O. The summed E-state index contributed by atoms with van der Waals surface area (Å²) in [5, 5.41) is 0. The van der Waals surface area contributed by atoms with Crippen LogP contribution in [0.2, 0.25) is 0 Å². The lowest BCUT2D eigenvalue weighted by molar-refractivity contribution is -0.130. The number of rotatable bonds is 16. The Morgan fingerprint density at radius 1 is 0.957 bits per heavy atom. The van der Waals surface area contributed by atoms with Gasteiger partial charge in [-0.15, -0.1) is 0 Å². The molecule has 0 heterocycles. The van der Waals surface area contributed by atoms with Gasteiger partial charge in [0.2, 0.25) is 5.91 Å². The van der Waals surface area contributed by atoms with Crippen LogP contribution in [0.15, 0.2) is 0 Å². The van der Waals surface area contributed by atoms with E-state index in [1.165, 1.54) is 0 Å². The van der Waals surface area contributed by atoms with Gasteiger partial charge in [-0.3, -0.25) is 14.4 Å². The monoisotopic (exact) mass is 329 g/mol. The third-order valence-corrected chi connectivity index (χ3v) is 3.62. The van der Waals surface area contributed by atoms with Gasteiger partial charge in [-0.2, -0.15) is 0 Å². The van der Waals surface area contributed by atoms with Crippen LogP contribution in [0.1, 0.15) is 58.8 Å². The summed E-state index contributed by atoms with van der Waals surface area (Å²) in [6, 6.07) is 0. The molecule has 0 fully saturated rings. The van der Waals surface area contributed by atoms with Gasteiger partial charge in [-0.05, 0) is 19.8 Å². The Hall–Kier alpha value is -1.27. The lowest BCUT2D eigenvalue weighted by Crippen LogP contribution is -2.27. The fraction of sp³-hybridized carbons (Fsp3) is 0.824. The second-order valence-corrected chi connectivity index (χ2v) is 5.58. The molecule has 6 heteroatoms. The van der Waals surface area contributed by atoms with Crippen LogP contribution in [0.4, 0.5) is 0 Å². The summed E-state index contributed by atoms with van der Waals surface area (Å²) >= 11 is 0. The number of unbranched alkanes of at least 4 members (excludes halogenated alkanes) is 2. The Bertz CT molecular complexity index is 357. The Morgan fingerprint density at radius 2 is 1.65 bits per heavy atom. The first-order valence-corrected chi connectivity index (χ1v) is 8.49. The average molecular weight is 329 g/mol. The molecule has 0 aliphatic rings. The predicted molar refractivity (Wildman–Crippen MR) is 88.0 cm³/mol. The minimum absolute atomic E-state index is 0.0120. The number of nitrogens with two attached hydrogens (primary N) is 1. The fourth-order valence-electron chi connectivity index (χ4n) is 2.19. The number of Topliss-reactive ketones (excluding diaryl/α,β-unsaturated/α-hetero) is 2.